The van der Waals surface area contributed by atoms with Gasteiger partial charge < -0.3 is 4.74 Å². The van der Waals surface area contributed by atoms with Crippen LogP contribution in [0.25, 0.3) is 0 Å². The first-order valence-electron chi connectivity index (χ1n) is 5.37. The molecule has 2 N–H and O–H groups in total. The zero-order chi connectivity index (χ0) is 12.8. The molecule has 18 heavy (non-hydrogen) atoms. The van der Waals surface area contributed by atoms with Crippen LogP contribution < -0.4 is 10.0 Å². The summed E-state index contributed by atoms with van der Waals surface area (Å²) in [7, 11) is -3.55. The maximum atomic E-state index is 12.2. The topological polar surface area (TPSA) is 67.4 Å². The third-order valence-corrected chi connectivity index (χ3v) is 6.14. The number of rotatable bonds is 3. The summed E-state index contributed by atoms with van der Waals surface area (Å²) in [5, 5.41) is 2.38. The summed E-state index contributed by atoms with van der Waals surface area (Å²) in [6, 6.07) is 6.51. The number of hydrogen-bond donors (Lipinski definition) is 2. The Labute approximate surface area is 118 Å². The van der Waals surface area contributed by atoms with Crippen LogP contribution in [-0.2, 0) is 14.8 Å². The van der Waals surface area contributed by atoms with E-state index < -0.39 is 15.1 Å². The third-order valence-electron chi connectivity index (χ3n) is 2.73. The first-order valence-corrected chi connectivity index (χ1v) is 8.52. The van der Waals surface area contributed by atoms with E-state index in [2.05, 4.69) is 26.0 Å². The number of thioether (sulfide) groups is 1. The van der Waals surface area contributed by atoms with Crippen LogP contribution in [0.5, 0.6) is 0 Å². The van der Waals surface area contributed by atoms with E-state index in [0.29, 0.717) is 6.61 Å². The molecule has 0 bridgehead atoms. The summed E-state index contributed by atoms with van der Waals surface area (Å²) >= 11 is 4.71. The van der Waals surface area contributed by atoms with Crippen molar-refractivity contribution in [2.45, 2.75) is 15.3 Å². The van der Waals surface area contributed by atoms with Crippen LogP contribution in [0, 0.1) is 0 Å². The maximum absolute atomic E-state index is 12.2. The second-order valence-electron chi connectivity index (χ2n) is 4.03. The second-order valence-corrected chi connectivity index (χ2v) is 7.94. The zero-order valence-electron chi connectivity index (χ0n) is 9.22. The molecule has 0 unspecified atom stereocenters. The molecular formula is C10H11BrN2O3S2. The minimum Gasteiger partial charge on any atom is -0.347 e. The van der Waals surface area contributed by atoms with Crippen LogP contribution in [0.15, 0.2) is 33.6 Å². The molecule has 2 atom stereocenters. The van der Waals surface area contributed by atoms with Gasteiger partial charge in [0.1, 0.15) is 5.37 Å². The molecule has 2 aliphatic rings. The Morgan fingerprint density at radius 3 is 2.83 bits per heavy atom. The lowest BCUT2D eigenvalue weighted by Crippen LogP contribution is -2.49. The van der Waals surface area contributed by atoms with E-state index in [-0.39, 0.29) is 10.3 Å². The van der Waals surface area contributed by atoms with E-state index in [0.717, 1.165) is 11.0 Å². The standard InChI is InChI=1S/C10H11BrN2O3S2/c11-7-1-3-8(4-2-7)18(14,15)13-10-9(17-10)12-5-6-16-10/h1-4,9,12-13H,5-6H2/t9-,10+/m0/s1. The molecule has 1 aromatic rings. The predicted octanol–water partition coefficient (Wildman–Crippen LogP) is 1.07. The lowest BCUT2D eigenvalue weighted by atomic mass is 10.4. The van der Waals surface area contributed by atoms with E-state index in [4.69, 9.17) is 4.74 Å². The highest BCUT2D eigenvalue weighted by atomic mass is 79.9. The van der Waals surface area contributed by atoms with Crippen molar-refractivity contribution < 1.29 is 13.2 Å². The first kappa shape index (κ1) is 12.9. The fourth-order valence-electron chi connectivity index (χ4n) is 1.79. The Hall–Kier alpha value is -0.120. The van der Waals surface area contributed by atoms with Gasteiger partial charge in [-0.05, 0) is 24.3 Å². The van der Waals surface area contributed by atoms with Crippen molar-refractivity contribution >= 4 is 37.7 Å². The molecule has 8 heteroatoms. The molecule has 0 spiro atoms. The summed E-state index contributed by atoms with van der Waals surface area (Å²) in [6.07, 6.45) is 0. The summed E-state index contributed by atoms with van der Waals surface area (Å²) in [4.78, 5) is 0.237. The van der Waals surface area contributed by atoms with Crippen LogP contribution in [-0.4, -0.2) is 32.0 Å². The molecule has 0 radical (unpaired) electrons. The Bertz CT molecular complexity index is 563. The number of hydrogen-bond acceptors (Lipinski definition) is 5. The van der Waals surface area contributed by atoms with Crippen molar-refractivity contribution in [3.8, 4) is 0 Å². The monoisotopic (exact) mass is 350 g/mol. The van der Waals surface area contributed by atoms with Gasteiger partial charge in [0.05, 0.1) is 11.5 Å². The number of fused-ring (bicyclic) bond motifs is 1. The van der Waals surface area contributed by atoms with Crippen molar-refractivity contribution in [1.29, 1.82) is 0 Å². The lowest BCUT2D eigenvalue weighted by Gasteiger charge is -2.22. The molecule has 2 saturated heterocycles. The number of sulfonamides is 1. The third kappa shape index (κ3) is 2.33. The highest BCUT2D eigenvalue weighted by Crippen LogP contribution is 2.52. The molecule has 2 aliphatic heterocycles. The Balaban J connectivity index is 1.81. The molecule has 0 aromatic heterocycles. The molecule has 1 aromatic carbocycles. The van der Waals surface area contributed by atoms with Gasteiger partial charge in [0, 0.05) is 11.0 Å². The van der Waals surface area contributed by atoms with E-state index in [1.165, 1.54) is 11.8 Å². The molecular weight excluding hydrogens is 340 g/mol. The van der Waals surface area contributed by atoms with Gasteiger partial charge >= 0.3 is 0 Å². The highest BCUT2D eigenvalue weighted by molar-refractivity contribution is 9.10. The van der Waals surface area contributed by atoms with Gasteiger partial charge in [0.2, 0.25) is 15.1 Å². The molecule has 2 fully saturated rings. The van der Waals surface area contributed by atoms with Crippen LogP contribution in [0.2, 0.25) is 0 Å². The Morgan fingerprint density at radius 1 is 1.44 bits per heavy atom. The van der Waals surface area contributed by atoms with Crippen molar-refractivity contribution in [1.82, 2.24) is 10.0 Å². The smallest absolute Gasteiger partial charge is 0.243 e. The molecule has 0 aliphatic carbocycles. The van der Waals surface area contributed by atoms with Gasteiger partial charge in [-0.3, -0.25) is 5.32 Å². The normalized spacial score (nSPS) is 30.8. The number of morpholine rings is 1. The van der Waals surface area contributed by atoms with Gasteiger partial charge in [-0.15, -0.1) is 0 Å². The van der Waals surface area contributed by atoms with Crippen LogP contribution in [0.4, 0.5) is 0 Å². The zero-order valence-corrected chi connectivity index (χ0v) is 12.4. The SMILES string of the molecule is O=S(=O)(N[C@@]12OCCN[C@H]1S2)c1ccc(Br)cc1. The molecule has 5 nitrogen and oxygen atoms in total. The van der Waals surface area contributed by atoms with Crippen LogP contribution in [0.3, 0.4) is 0 Å². The Kier molecular flexibility index (Phi) is 3.20. The van der Waals surface area contributed by atoms with Gasteiger partial charge in [-0.1, -0.05) is 27.7 Å². The quantitative estimate of drug-likeness (QED) is 0.798. The Morgan fingerprint density at radius 2 is 2.17 bits per heavy atom. The summed E-state index contributed by atoms with van der Waals surface area (Å²) in [5.41, 5.74) is 0. The van der Waals surface area contributed by atoms with Crippen molar-refractivity contribution in [3.63, 3.8) is 0 Å². The van der Waals surface area contributed by atoms with Crippen molar-refractivity contribution in [2.75, 3.05) is 13.2 Å². The van der Waals surface area contributed by atoms with Crippen molar-refractivity contribution in [2.24, 2.45) is 0 Å². The molecule has 2 heterocycles. The van der Waals surface area contributed by atoms with Crippen LogP contribution in [0.1, 0.15) is 0 Å². The molecule has 0 saturated carbocycles. The number of benzene rings is 1. The van der Waals surface area contributed by atoms with E-state index in [9.17, 15) is 8.42 Å². The highest BCUT2D eigenvalue weighted by Gasteiger charge is 2.61. The van der Waals surface area contributed by atoms with Gasteiger partial charge in [0.15, 0.2) is 0 Å². The second kappa shape index (κ2) is 4.46. The fraction of sp³-hybridized carbons (Fsp3) is 0.400. The molecule has 98 valence electrons. The van der Waals surface area contributed by atoms with Gasteiger partial charge in [-0.25, -0.2) is 8.42 Å². The van der Waals surface area contributed by atoms with E-state index in [1.807, 2.05) is 0 Å². The van der Waals surface area contributed by atoms with E-state index >= 15 is 0 Å². The summed E-state index contributed by atoms with van der Waals surface area (Å²) < 4.78 is 33.4. The van der Waals surface area contributed by atoms with Gasteiger partial charge in [0.25, 0.3) is 0 Å². The number of ether oxygens (including phenoxy) is 1. The van der Waals surface area contributed by atoms with Crippen LogP contribution >= 0.6 is 27.7 Å². The minimum atomic E-state index is -3.55. The predicted molar refractivity (Wildman–Crippen MR) is 72.5 cm³/mol. The summed E-state index contributed by atoms with van der Waals surface area (Å²) in [6.45, 7) is 1.26. The first-order chi connectivity index (χ1) is 8.52. The summed E-state index contributed by atoms with van der Waals surface area (Å²) in [5.74, 6) is 0. The maximum Gasteiger partial charge on any atom is 0.243 e. The number of nitrogens with one attached hydrogen (secondary N) is 2. The molecule has 3 rings (SSSR count). The lowest BCUT2D eigenvalue weighted by molar-refractivity contribution is 0.0151. The minimum absolute atomic E-state index is 0.0106. The fourth-order valence-corrected chi connectivity index (χ4v) is 4.66. The van der Waals surface area contributed by atoms with E-state index in [1.54, 1.807) is 24.3 Å². The average molecular weight is 351 g/mol. The number of halogens is 1. The van der Waals surface area contributed by atoms with Gasteiger partial charge in [-0.2, -0.15) is 4.72 Å². The average Bonchev–Trinajstić information content (AvgIpc) is 3.02. The van der Waals surface area contributed by atoms with Crippen molar-refractivity contribution in [3.05, 3.63) is 28.7 Å². The largest absolute Gasteiger partial charge is 0.347 e. The molecule has 0 amide bonds.